The fourth-order valence-corrected chi connectivity index (χ4v) is 2.11. The van der Waals surface area contributed by atoms with Gasteiger partial charge in [0.25, 0.3) is 0 Å². The molecule has 1 aromatic carbocycles. The number of nitrogens with two attached hydrogens (primary N) is 1. The van der Waals surface area contributed by atoms with Gasteiger partial charge in [0.05, 0.1) is 12.6 Å². The number of ether oxygens (including phenoxy) is 1. The van der Waals surface area contributed by atoms with Crippen molar-refractivity contribution in [2.45, 2.75) is 25.4 Å². The highest BCUT2D eigenvalue weighted by molar-refractivity contribution is 5.47. The molecule has 0 bridgehead atoms. The van der Waals surface area contributed by atoms with Crippen molar-refractivity contribution >= 4 is 5.69 Å². The average molecular weight is 220 g/mol. The maximum Gasteiger partial charge on any atom is 0.0669 e. The van der Waals surface area contributed by atoms with Crippen LogP contribution in [0.1, 0.15) is 18.4 Å². The molecule has 3 nitrogen and oxygen atoms in total. The molecule has 0 radical (unpaired) electrons. The average Bonchev–Trinajstić information content (AvgIpc) is 2.39. The molecule has 1 unspecified atom stereocenters. The SMILES string of the molecule is CN(c1ccc(CN)cc1)C1CCCOC1. The molecule has 1 aromatic rings. The number of benzene rings is 1. The summed E-state index contributed by atoms with van der Waals surface area (Å²) >= 11 is 0. The Kier molecular flexibility index (Phi) is 3.80. The van der Waals surface area contributed by atoms with E-state index in [0.29, 0.717) is 12.6 Å². The van der Waals surface area contributed by atoms with Gasteiger partial charge in [-0.25, -0.2) is 0 Å². The van der Waals surface area contributed by atoms with Crippen LogP contribution >= 0.6 is 0 Å². The van der Waals surface area contributed by atoms with Gasteiger partial charge in [-0.15, -0.1) is 0 Å². The first-order chi connectivity index (χ1) is 7.81. The van der Waals surface area contributed by atoms with E-state index in [1.807, 2.05) is 0 Å². The molecular weight excluding hydrogens is 200 g/mol. The van der Waals surface area contributed by atoms with Crippen molar-refractivity contribution in [3.8, 4) is 0 Å². The summed E-state index contributed by atoms with van der Waals surface area (Å²) < 4.78 is 5.51. The highest BCUT2D eigenvalue weighted by atomic mass is 16.5. The van der Waals surface area contributed by atoms with Gasteiger partial charge in [-0.2, -0.15) is 0 Å². The Morgan fingerprint density at radius 1 is 1.38 bits per heavy atom. The molecule has 1 aliphatic heterocycles. The smallest absolute Gasteiger partial charge is 0.0669 e. The Morgan fingerprint density at radius 2 is 2.12 bits per heavy atom. The van der Waals surface area contributed by atoms with Crippen LogP contribution in [-0.4, -0.2) is 26.3 Å². The Morgan fingerprint density at radius 3 is 2.69 bits per heavy atom. The van der Waals surface area contributed by atoms with Crippen LogP contribution in [0.3, 0.4) is 0 Å². The Labute approximate surface area is 97.2 Å². The van der Waals surface area contributed by atoms with Crippen LogP contribution in [0.25, 0.3) is 0 Å². The quantitative estimate of drug-likeness (QED) is 0.843. The zero-order valence-corrected chi connectivity index (χ0v) is 9.86. The first-order valence-corrected chi connectivity index (χ1v) is 5.91. The summed E-state index contributed by atoms with van der Waals surface area (Å²) in [5.41, 5.74) is 8.01. The van der Waals surface area contributed by atoms with Gasteiger partial charge in [-0.1, -0.05) is 12.1 Å². The third-order valence-electron chi connectivity index (χ3n) is 3.26. The molecule has 16 heavy (non-hydrogen) atoms. The molecule has 1 fully saturated rings. The highest BCUT2D eigenvalue weighted by Crippen LogP contribution is 2.20. The van der Waals surface area contributed by atoms with Crippen LogP contribution in [0.4, 0.5) is 5.69 Å². The van der Waals surface area contributed by atoms with Crippen molar-refractivity contribution in [1.82, 2.24) is 0 Å². The first kappa shape index (κ1) is 11.4. The van der Waals surface area contributed by atoms with Crippen LogP contribution < -0.4 is 10.6 Å². The number of rotatable bonds is 3. The van der Waals surface area contributed by atoms with Gasteiger partial charge in [0.15, 0.2) is 0 Å². The van der Waals surface area contributed by atoms with Gasteiger partial charge in [0, 0.05) is 25.9 Å². The molecular formula is C13H20N2O. The highest BCUT2D eigenvalue weighted by Gasteiger charge is 2.18. The first-order valence-electron chi connectivity index (χ1n) is 5.91. The number of hydrogen-bond donors (Lipinski definition) is 1. The zero-order valence-electron chi connectivity index (χ0n) is 9.86. The molecule has 3 heteroatoms. The summed E-state index contributed by atoms with van der Waals surface area (Å²) in [5, 5.41) is 0. The molecule has 0 saturated carbocycles. The minimum atomic E-state index is 0.512. The van der Waals surface area contributed by atoms with E-state index >= 15 is 0 Å². The third-order valence-corrected chi connectivity index (χ3v) is 3.26. The molecule has 1 heterocycles. The lowest BCUT2D eigenvalue weighted by Gasteiger charge is -2.32. The molecule has 88 valence electrons. The largest absolute Gasteiger partial charge is 0.379 e. The fraction of sp³-hybridized carbons (Fsp3) is 0.538. The number of nitrogens with zero attached hydrogens (tertiary/aromatic N) is 1. The van der Waals surface area contributed by atoms with Crippen LogP contribution in [0.15, 0.2) is 24.3 Å². The Hall–Kier alpha value is -1.06. The van der Waals surface area contributed by atoms with E-state index < -0.39 is 0 Å². The van der Waals surface area contributed by atoms with E-state index in [-0.39, 0.29) is 0 Å². The van der Waals surface area contributed by atoms with Crippen LogP contribution in [-0.2, 0) is 11.3 Å². The van der Waals surface area contributed by atoms with E-state index in [4.69, 9.17) is 10.5 Å². The van der Waals surface area contributed by atoms with Crippen LogP contribution in [0.5, 0.6) is 0 Å². The van der Waals surface area contributed by atoms with Crippen molar-refractivity contribution in [1.29, 1.82) is 0 Å². The van der Waals surface area contributed by atoms with Gasteiger partial charge < -0.3 is 15.4 Å². The maximum absolute atomic E-state index is 5.59. The van der Waals surface area contributed by atoms with Crippen LogP contribution in [0.2, 0.25) is 0 Å². The molecule has 1 aliphatic rings. The fourth-order valence-electron chi connectivity index (χ4n) is 2.11. The maximum atomic E-state index is 5.59. The van der Waals surface area contributed by atoms with Gasteiger partial charge in [0.1, 0.15) is 0 Å². The number of hydrogen-bond acceptors (Lipinski definition) is 3. The second-order valence-electron chi connectivity index (χ2n) is 4.35. The summed E-state index contributed by atoms with van der Waals surface area (Å²) in [7, 11) is 2.14. The lowest BCUT2D eigenvalue weighted by molar-refractivity contribution is 0.0807. The van der Waals surface area contributed by atoms with E-state index in [9.17, 15) is 0 Å². The van der Waals surface area contributed by atoms with E-state index in [0.717, 1.165) is 19.6 Å². The monoisotopic (exact) mass is 220 g/mol. The second-order valence-corrected chi connectivity index (χ2v) is 4.35. The minimum absolute atomic E-state index is 0.512. The number of anilines is 1. The molecule has 0 amide bonds. The summed E-state index contributed by atoms with van der Waals surface area (Å²) in [6.07, 6.45) is 2.38. The predicted octanol–water partition coefficient (Wildman–Crippen LogP) is 1.76. The second kappa shape index (κ2) is 5.32. The molecule has 1 atom stereocenters. The molecule has 0 aliphatic carbocycles. The topological polar surface area (TPSA) is 38.5 Å². The van der Waals surface area contributed by atoms with Gasteiger partial charge in [-0.3, -0.25) is 0 Å². The minimum Gasteiger partial charge on any atom is -0.379 e. The third kappa shape index (κ3) is 2.54. The molecule has 0 aromatic heterocycles. The Bertz CT molecular complexity index is 317. The van der Waals surface area contributed by atoms with Crippen molar-refractivity contribution in [2.24, 2.45) is 5.73 Å². The predicted molar refractivity (Wildman–Crippen MR) is 66.6 cm³/mol. The van der Waals surface area contributed by atoms with E-state index in [1.54, 1.807) is 0 Å². The molecule has 2 N–H and O–H groups in total. The van der Waals surface area contributed by atoms with E-state index in [2.05, 4.69) is 36.2 Å². The lowest BCUT2D eigenvalue weighted by atomic mass is 10.1. The lowest BCUT2D eigenvalue weighted by Crippen LogP contribution is -2.38. The van der Waals surface area contributed by atoms with E-state index in [1.165, 1.54) is 17.7 Å². The zero-order chi connectivity index (χ0) is 11.4. The standard InChI is InChI=1S/C13H20N2O/c1-15(13-3-2-8-16-10-13)12-6-4-11(9-14)5-7-12/h4-7,13H,2-3,8-10,14H2,1H3. The van der Waals surface area contributed by atoms with Crippen molar-refractivity contribution in [2.75, 3.05) is 25.2 Å². The molecule has 0 spiro atoms. The summed E-state index contributed by atoms with van der Waals surface area (Å²) in [4.78, 5) is 2.31. The molecule has 1 saturated heterocycles. The van der Waals surface area contributed by atoms with Gasteiger partial charge in [-0.05, 0) is 30.5 Å². The van der Waals surface area contributed by atoms with Crippen LogP contribution in [0, 0.1) is 0 Å². The summed E-state index contributed by atoms with van der Waals surface area (Å²) in [6.45, 7) is 2.36. The van der Waals surface area contributed by atoms with Crippen molar-refractivity contribution in [3.63, 3.8) is 0 Å². The van der Waals surface area contributed by atoms with Gasteiger partial charge >= 0.3 is 0 Å². The molecule has 2 rings (SSSR count). The summed E-state index contributed by atoms with van der Waals surface area (Å²) in [6, 6.07) is 8.97. The van der Waals surface area contributed by atoms with Crippen molar-refractivity contribution < 1.29 is 4.74 Å². The van der Waals surface area contributed by atoms with Crippen molar-refractivity contribution in [3.05, 3.63) is 29.8 Å². The number of likely N-dealkylation sites (N-methyl/N-ethyl adjacent to an activating group) is 1. The normalized spacial score (nSPS) is 20.8. The van der Waals surface area contributed by atoms with Gasteiger partial charge in [0.2, 0.25) is 0 Å². The Balaban J connectivity index is 2.04. The summed E-state index contributed by atoms with van der Waals surface area (Å²) in [5.74, 6) is 0.